The Kier molecular flexibility index (Phi) is 4.80. The maximum atomic E-state index is 9.89. The van der Waals surface area contributed by atoms with Gasteiger partial charge in [0.25, 0.3) is 10.1 Å². The molecule has 0 spiro atoms. The van der Waals surface area contributed by atoms with E-state index in [0.717, 1.165) is 0 Å². The summed E-state index contributed by atoms with van der Waals surface area (Å²) < 4.78 is 27.8. The van der Waals surface area contributed by atoms with Gasteiger partial charge in [-0.15, -0.1) is 17.0 Å². The van der Waals surface area contributed by atoms with Crippen molar-refractivity contribution in [3.05, 3.63) is 0 Å². The molecule has 0 radical (unpaired) electrons. The van der Waals surface area contributed by atoms with Gasteiger partial charge < -0.3 is 0 Å². The van der Waals surface area contributed by atoms with Gasteiger partial charge in [-0.2, -0.15) is 8.42 Å². The van der Waals surface area contributed by atoms with Crippen LogP contribution in [0.25, 0.3) is 0 Å². The lowest BCUT2D eigenvalue weighted by Crippen LogP contribution is -2.10. The Morgan fingerprint density at radius 3 is 1.50 bits per heavy atom. The lowest BCUT2D eigenvalue weighted by Gasteiger charge is -1.94. The Bertz CT molecular complexity index is 137. The van der Waals surface area contributed by atoms with Gasteiger partial charge in [-0.1, -0.05) is 0 Å². The van der Waals surface area contributed by atoms with Crippen molar-refractivity contribution >= 4 is 27.1 Å². The lowest BCUT2D eigenvalue weighted by atomic mass is 10.6. The van der Waals surface area contributed by atoms with Crippen LogP contribution in [0, 0.1) is 0 Å². The molecule has 0 atom stereocenters. The number of hydrogen-bond acceptors (Lipinski definition) is 2. The van der Waals surface area contributed by atoms with Crippen LogP contribution in [0.4, 0.5) is 0 Å². The second-order valence-electron chi connectivity index (χ2n) is 1.56. The second-order valence-corrected chi connectivity index (χ2v) is 3.54. The normalized spacial score (nSPS) is 11.0. The predicted octanol–water partition coefficient (Wildman–Crippen LogP) is 0.861. The van der Waals surface area contributed by atoms with Gasteiger partial charge in [0.1, 0.15) is 0 Å². The topological polar surface area (TPSA) is 54.4 Å². The minimum Gasteiger partial charge on any atom is -0.285 e. The Balaban J connectivity index is 0. The van der Waals surface area contributed by atoms with Crippen LogP contribution in [-0.4, -0.2) is 18.2 Å². The van der Waals surface area contributed by atoms with Crippen molar-refractivity contribution in [3.63, 3.8) is 0 Å². The quantitative estimate of drug-likeness (QED) is 0.646. The zero-order valence-electron chi connectivity index (χ0n) is 4.66. The molecule has 0 rings (SSSR count). The molecular formula is C3H9BrO3S. The number of hydrogen-bond donors (Lipinski definition) is 1. The molecule has 0 saturated carbocycles. The zero-order valence-corrected chi connectivity index (χ0v) is 7.19. The highest BCUT2D eigenvalue weighted by molar-refractivity contribution is 8.93. The molecule has 0 amide bonds. The highest BCUT2D eigenvalue weighted by Crippen LogP contribution is 1.91. The molecule has 0 unspecified atom stereocenters. The van der Waals surface area contributed by atoms with Crippen LogP contribution < -0.4 is 0 Å². The molecular weight excluding hydrogens is 196 g/mol. The molecule has 0 aliphatic heterocycles. The molecule has 1 N–H and O–H groups in total. The summed E-state index contributed by atoms with van der Waals surface area (Å²) in [6, 6.07) is 0. The van der Waals surface area contributed by atoms with E-state index in [1.54, 1.807) is 0 Å². The second kappa shape index (κ2) is 3.42. The van der Waals surface area contributed by atoms with Crippen LogP contribution in [-0.2, 0) is 10.1 Å². The molecule has 8 heavy (non-hydrogen) atoms. The molecule has 0 aliphatic carbocycles. The van der Waals surface area contributed by atoms with E-state index in [4.69, 9.17) is 4.55 Å². The molecule has 5 heteroatoms. The summed E-state index contributed by atoms with van der Waals surface area (Å²) in [4.78, 5) is 0. The number of halogens is 1. The summed E-state index contributed by atoms with van der Waals surface area (Å²) in [6.45, 7) is 2.82. The molecule has 0 aromatic heterocycles. The van der Waals surface area contributed by atoms with Crippen molar-refractivity contribution in [1.29, 1.82) is 0 Å². The molecule has 0 saturated heterocycles. The SMILES string of the molecule is Br.CC(C)S(=O)(=O)O. The summed E-state index contributed by atoms with van der Waals surface area (Å²) >= 11 is 0. The van der Waals surface area contributed by atoms with Crippen LogP contribution in [0.15, 0.2) is 0 Å². The maximum absolute atomic E-state index is 9.89. The van der Waals surface area contributed by atoms with E-state index >= 15 is 0 Å². The third-order valence-corrected chi connectivity index (χ3v) is 1.79. The van der Waals surface area contributed by atoms with E-state index in [1.807, 2.05) is 0 Å². The van der Waals surface area contributed by atoms with Gasteiger partial charge in [0.15, 0.2) is 0 Å². The molecule has 0 aromatic carbocycles. The smallest absolute Gasteiger partial charge is 0.267 e. The first-order valence-electron chi connectivity index (χ1n) is 1.91. The summed E-state index contributed by atoms with van der Waals surface area (Å²) in [6.07, 6.45) is 0. The maximum Gasteiger partial charge on any atom is 0.267 e. The Hall–Kier alpha value is 0.390. The molecule has 0 heterocycles. The van der Waals surface area contributed by atoms with Crippen LogP contribution in [0.3, 0.4) is 0 Å². The average molecular weight is 205 g/mol. The van der Waals surface area contributed by atoms with Gasteiger partial charge in [0, 0.05) is 0 Å². The van der Waals surface area contributed by atoms with Gasteiger partial charge >= 0.3 is 0 Å². The first-order valence-corrected chi connectivity index (χ1v) is 3.41. The van der Waals surface area contributed by atoms with E-state index in [1.165, 1.54) is 13.8 Å². The van der Waals surface area contributed by atoms with E-state index in [0.29, 0.717) is 0 Å². The van der Waals surface area contributed by atoms with Crippen LogP contribution in [0.1, 0.15) is 13.8 Å². The van der Waals surface area contributed by atoms with E-state index in [9.17, 15) is 8.42 Å². The summed E-state index contributed by atoms with van der Waals surface area (Å²) in [5.41, 5.74) is 0. The average Bonchev–Trinajstić information content (AvgIpc) is 1.31. The first-order chi connectivity index (χ1) is 2.94. The summed E-state index contributed by atoms with van der Waals surface area (Å²) in [5.74, 6) is 0. The molecule has 52 valence electrons. The molecule has 3 nitrogen and oxygen atoms in total. The number of rotatable bonds is 1. The fourth-order valence-electron chi connectivity index (χ4n) is 0. The minimum absolute atomic E-state index is 0. The van der Waals surface area contributed by atoms with Gasteiger partial charge in [-0.05, 0) is 13.8 Å². The van der Waals surface area contributed by atoms with Crippen molar-refractivity contribution in [2.45, 2.75) is 19.1 Å². The van der Waals surface area contributed by atoms with Crippen LogP contribution >= 0.6 is 17.0 Å². The van der Waals surface area contributed by atoms with E-state index < -0.39 is 15.4 Å². The fraction of sp³-hybridized carbons (Fsp3) is 1.00. The lowest BCUT2D eigenvalue weighted by molar-refractivity contribution is 0.473. The zero-order chi connectivity index (χ0) is 6.08. The Morgan fingerprint density at radius 1 is 1.38 bits per heavy atom. The molecule has 0 aromatic rings. The first kappa shape index (κ1) is 11.2. The van der Waals surface area contributed by atoms with Crippen LogP contribution in [0.2, 0.25) is 0 Å². The largest absolute Gasteiger partial charge is 0.285 e. The van der Waals surface area contributed by atoms with Crippen LogP contribution in [0.5, 0.6) is 0 Å². The minimum atomic E-state index is -3.74. The Morgan fingerprint density at radius 2 is 1.50 bits per heavy atom. The Labute approximate surface area is 59.6 Å². The van der Waals surface area contributed by atoms with Crippen molar-refractivity contribution < 1.29 is 13.0 Å². The third-order valence-electron chi connectivity index (χ3n) is 0.596. The molecule has 0 aliphatic rings. The van der Waals surface area contributed by atoms with Gasteiger partial charge in [0.2, 0.25) is 0 Å². The molecule has 0 fully saturated rings. The van der Waals surface area contributed by atoms with Crippen molar-refractivity contribution in [3.8, 4) is 0 Å². The third kappa shape index (κ3) is 4.55. The van der Waals surface area contributed by atoms with Crippen molar-refractivity contribution in [2.24, 2.45) is 0 Å². The van der Waals surface area contributed by atoms with E-state index in [-0.39, 0.29) is 17.0 Å². The fourth-order valence-corrected chi connectivity index (χ4v) is 0. The molecule has 0 bridgehead atoms. The summed E-state index contributed by atoms with van der Waals surface area (Å²) in [5, 5.41) is -0.674. The standard InChI is InChI=1S/C3H8O3S.BrH/c1-3(2)7(4,5)6;/h3H,1-2H3,(H,4,5,6);1H. The van der Waals surface area contributed by atoms with Gasteiger partial charge in [-0.25, -0.2) is 0 Å². The van der Waals surface area contributed by atoms with Crippen molar-refractivity contribution in [2.75, 3.05) is 0 Å². The van der Waals surface area contributed by atoms with Gasteiger partial charge in [0.05, 0.1) is 5.25 Å². The predicted molar refractivity (Wildman–Crippen MR) is 37.0 cm³/mol. The monoisotopic (exact) mass is 204 g/mol. The van der Waals surface area contributed by atoms with Crippen molar-refractivity contribution in [1.82, 2.24) is 0 Å². The highest BCUT2D eigenvalue weighted by Gasteiger charge is 2.08. The highest BCUT2D eigenvalue weighted by atomic mass is 79.9. The van der Waals surface area contributed by atoms with E-state index in [2.05, 4.69) is 0 Å². The van der Waals surface area contributed by atoms with Gasteiger partial charge in [-0.3, -0.25) is 4.55 Å². The summed E-state index contributed by atoms with van der Waals surface area (Å²) in [7, 11) is -3.74.